The quantitative estimate of drug-likeness (QED) is 0.671. The molecule has 5 rings (SSSR count). The van der Waals surface area contributed by atoms with Crippen LogP contribution in [-0.2, 0) is 17.6 Å². The molecule has 2 aliphatic carbocycles. The van der Waals surface area contributed by atoms with Crippen LogP contribution in [0.1, 0.15) is 62.3 Å². The van der Waals surface area contributed by atoms with E-state index in [1.165, 1.54) is 10.4 Å². The highest BCUT2D eigenvalue weighted by Gasteiger charge is 2.37. The van der Waals surface area contributed by atoms with Gasteiger partial charge in [0.05, 0.1) is 5.39 Å². The second-order valence-electron chi connectivity index (χ2n) is 9.35. The maximum atomic E-state index is 13.5. The van der Waals surface area contributed by atoms with Gasteiger partial charge in [0.25, 0.3) is 5.92 Å². The lowest BCUT2D eigenvalue weighted by Gasteiger charge is -2.40. The molecule has 3 heterocycles. The lowest BCUT2D eigenvalue weighted by molar-refractivity contribution is -0.121. The van der Waals surface area contributed by atoms with Crippen LogP contribution in [0.2, 0.25) is 0 Å². The number of rotatable bonds is 4. The number of alkyl halides is 2. The Bertz CT molecular complexity index is 961. The van der Waals surface area contributed by atoms with Crippen molar-refractivity contribution in [2.45, 2.75) is 82.8 Å². The van der Waals surface area contributed by atoms with Gasteiger partial charge in [0, 0.05) is 42.8 Å². The second-order valence-corrected chi connectivity index (χ2v) is 10.4. The highest BCUT2D eigenvalue weighted by atomic mass is 32.1. The fourth-order valence-corrected chi connectivity index (χ4v) is 6.59. The minimum atomic E-state index is -2.49. The Morgan fingerprint density at radius 2 is 1.90 bits per heavy atom. The number of thiophene rings is 1. The normalized spacial score (nSPS) is 28.9. The lowest BCUT2D eigenvalue weighted by Crippen LogP contribution is -2.47. The van der Waals surface area contributed by atoms with Gasteiger partial charge in [-0.2, -0.15) is 0 Å². The SMILES string of the molecule is CC(=O)C1CCc2sc3ncnc(OC4CCC(N5CCC(F)(F)CC5)CC4)c3c2C1. The number of aromatic nitrogens is 2. The van der Waals surface area contributed by atoms with E-state index in [0.29, 0.717) is 25.0 Å². The number of piperidine rings is 1. The van der Waals surface area contributed by atoms with Crippen molar-refractivity contribution in [2.75, 3.05) is 13.1 Å². The molecular weight excluding hydrogens is 420 g/mol. The van der Waals surface area contributed by atoms with E-state index >= 15 is 0 Å². The van der Waals surface area contributed by atoms with Crippen molar-refractivity contribution in [3.05, 3.63) is 16.8 Å². The first-order chi connectivity index (χ1) is 14.9. The first-order valence-corrected chi connectivity index (χ1v) is 12.3. The van der Waals surface area contributed by atoms with Crippen molar-refractivity contribution in [3.8, 4) is 5.88 Å². The van der Waals surface area contributed by atoms with Crippen LogP contribution < -0.4 is 4.74 Å². The summed E-state index contributed by atoms with van der Waals surface area (Å²) in [4.78, 5) is 25.4. The summed E-state index contributed by atoms with van der Waals surface area (Å²) in [6.45, 7) is 2.67. The van der Waals surface area contributed by atoms with Crippen LogP contribution in [0.4, 0.5) is 8.78 Å². The van der Waals surface area contributed by atoms with Crippen molar-refractivity contribution in [3.63, 3.8) is 0 Å². The van der Waals surface area contributed by atoms with Gasteiger partial charge in [-0.3, -0.25) is 9.69 Å². The molecular formula is C23H29F2N3O2S. The molecule has 2 aromatic heterocycles. The Labute approximate surface area is 185 Å². The number of halogens is 2. The van der Waals surface area contributed by atoms with Gasteiger partial charge in [-0.1, -0.05) is 0 Å². The number of aryl methyl sites for hydroxylation is 1. The summed E-state index contributed by atoms with van der Waals surface area (Å²) in [6.07, 6.45) is 7.95. The van der Waals surface area contributed by atoms with E-state index in [4.69, 9.17) is 4.74 Å². The van der Waals surface area contributed by atoms with Gasteiger partial charge < -0.3 is 4.74 Å². The van der Waals surface area contributed by atoms with Crippen LogP contribution in [0.3, 0.4) is 0 Å². The van der Waals surface area contributed by atoms with Gasteiger partial charge in [-0.25, -0.2) is 18.7 Å². The molecule has 2 fully saturated rings. The van der Waals surface area contributed by atoms with Crippen LogP contribution in [0, 0.1) is 5.92 Å². The first-order valence-electron chi connectivity index (χ1n) is 11.4. The Morgan fingerprint density at radius 3 is 2.61 bits per heavy atom. The van der Waals surface area contributed by atoms with Gasteiger partial charge >= 0.3 is 0 Å². The van der Waals surface area contributed by atoms with E-state index in [2.05, 4.69) is 14.9 Å². The standard InChI is InChI=1S/C23H29F2N3O2S/c1-14(29)15-2-7-19-18(12-15)20-21(26-13-27-22(20)31-19)30-17-5-3-16(4-6-17)28-10-8-23(24,25)9-11-28/h13,15-17H,2-12H2,1H3. The number of Topliss-reactive ketones (excluding diaryl/α,β-unsaturated/α-hetero) is 1. The number of hydrogen-bond donors (Lipinski definition) is 0. The fourth-order valence-electron chi connectivity index (χ4n) is 5.42. The second kappa shape index (κ2) is 8.35. The van der Waals surface area contributed by atoms with Crippen molar-refractivity contribution in [1.82, 2.24) is 14.9 Å². The molecule has 1 atom stereocenters. The third-order valence-electron chi connectivity index (χ3n) is 7.35. The Kier molecular flexibility index (Phi) is 5.71. The lowest BCUT2D eigenvalue weighted by atomic mass is 9.85. The van der Waals surface area contributed by atoms with Crippen LogP contribution in [0.25, 0.3) is 10.2 Å². The van der Waals surface area contributed by atoms with Gasteiger partial charge in [-0.15, -0.1) is 11.3 Å². The van der Waals surface area contributed by atoms with E-state index < -0.39 is 5.92 Å². The summed E-state index contributed by atoms with van der Waals surface area (Å²) >= 11 is 1.70. The van der Waals surface area contributed by atoms with E-state index in [-0.39, 0.29) is 30.6 Å². The summed E-state index contributed by atoms with van der Waals surface area (Å²) in [6, 6.07) is 0.381. The molecule has 3 aliphatic rings. The van der Waals surface area contributed by atoms with E-state index in [0.717, 1.165) is 55.2 Å². The molecule has 2 aromatic rings. The number of hydrogen-bond acceptors (Lipinski definition) is 6. The molecule has 1 unspecified atom stereocenters. The molecule has 5 nitrogen and oxygen atoms in total. The third-order valence-corrected chi connectivity index (χ3v) is 8.55. The van der Waals surface area contributed by atoms with Gasteiger partial charge in [-0.05, 0) is 57.4 Å². The number of ketones is 1. The zero-order chi connectivity index (χ0) is 21.6. The minimum absolute atomic E-state index is 0.0210. The van der Waals surface area contributed by atoms with Crippen LogP contribution in [-0.4, -0.2) is 51.8 Å². The molecule has 31 heavy (non-hydrogen) atoms. The Hall–Kier alpha value is -1.67. The molecule has 0 amide bonds. The zero-order valence-corrected chi connectivity index (χ0v) is 18.7. The summed E-state index contributed by atoms with van der Waals surface area (Å²) in [5.74, 6) is -1.52. The monoisotopic (exact) mass is 449 g/mol. The van der Waals surface area contributed by atoms with Crippen LogP contribution in [0.5, 0.6) is 5.88 Å². The summed E-state index contributed by atoms with van der Waals surface area (Å²) in [5.41, 5.74) is 1.20. The van der Waals surface area contributed by atoms with E-state index in [1.807, 2.05) is 0 Å². The van der Waals surface area contributed by atoms with Crippen molar-refractivity contribution in [1.29, 1.82) is 0 Å². The molecule has 0 aromatic carbocycles. The third kappa shape index (κ3) is 4.33. The van der Waals surface area contributed by atoms with Crippen molar-refractivity contribution < 1.29 is 18.3 Å². The number of likely N-dealkylation sites (tertiary alicyclic amines) is 1. The molecule has 8 heteroatoms. The van der Waals surface area contributed by atoms with Gasteiger partial charge in [0.2, 0.25) is 5.88 Å². The predicted molar refractivity (Wildman–Crippen MR) is 116 cm³/mol. The number of nitrogens with zero attached hydrogens (tertiary/aromatic N) is 3. The van der Waals surface area contributed by atoms with E-state index in [9.17, 15) is 13.6 Å². The zero-order valence-electron chi connectivity index (χ0n) is 17.9. The summed E-state index contributed by atoms with van der Waals surface area (Å²) < 4.78 is 33.3. The van der Waals surface area contributed by atoms with Crippen molar-refractivity contribution in [2.24, 2.45) is 5.92 Å². The average molecular weight is 450 g/mol. The predicted octanol–water partition coefficient (Wildman–Crippen LogP) is 4.81. The smallest absolute Gasteiger partial charge is 0.250 e. The molecule has 1 saturated heterocycles. The molecule has 0 bridgehead atoms. The Balaban J connectivity index is 1.27. The minimum Gasteiger partial charge on any atom is -0.474 e. The van der Waals surface area contributed by atoms with Crippen molar-refractivity contribution >= 4 is 27.3 Å². The fraction of sp³-hybridized carbons (Fsp3) is 0.696. The van der Waals surface area contributed by atoms with Crippen LogP contribution in [0.15, 0.2) is 6.33 Å². The summed E-state index contributed by atoms with van der Waals surface area (Å²) in [5, 5.41) is 0.994. The molecule has 0 spiro atoms. The summed E-state index contributed by atoms with van der Waals surface area (Å²) in [7, 11) is 0. The highest BCUT2D eigenvalue weighted by molar-refractivity contribution is 7.18. The molecule has 1 aliphatic heterocycles. The van der Waals surface area contributed by atoms with E-state index in [1.54, 1.807) is 24.6 Å². The Morgan fingerprint density at radius 1 is 1.16 bits per heavy atom. The largest absolute Gasteiger partial charge is 0.474 e. The number of carbonyl (C=O) groups is 1. The topological polar surface area (TPSA) is 55.3 Å². The number of fused-ring (bicyclic) bond motifs is 3. The average Bonchev–Trinajstić information content (AvgIpc) is 3.13. The van der Waals surface area contributed by atoms with Gasteiger partial charge in [0.1, 0.15) is 23.0 Å². The number of ether oxygens (including phenoxy) is 1. The highest BCUT2D eigenvalue weighted by Crippen LogP contribution is 2.41. The molecule has 0 radical (unpaired) electrons. The molecule has 0 N–H and O–H groups in total. The van der Waals surface area contributed by atoms with Crippen LogP contribution >= 0.6 is 11.3 Å². The first kappa shape index (κ1) is 21.2. The molecule has 168 valence electrons. The molecule has 1 saturated carbocycles. The maximum Gasteiger partial charge on any atom is 0.250 e. The maximum absolute atomic E-state index is 13.5. The number of carbonyl (C=O) groups excluding carboxylic acids is 1. The van der Waals surface area contributed by atoms with Gasteiger partial charge in [0.15, 0.2) is 0 Å².